The van der Waals surface area contributed by atoms with Gasteiger partial charge in [-0.15, -0.1) is 11.3 Å². The number of nitrogens with zero attached hydrogens (tertiary/aromatic N) is 1. The van der Waals surface area contributed by atoms with Gasteiger partial charge in [0.2, 0.25) is 0 Å². The Labute approximate surface area is 126 Å². The van der Waals surface area contributed by atoms with Crippen LogP contribution in [0.25, 0.3) is 11.0 Å². The van der Waals surface area contributed by atoms with Gasteiger partial charge in [0.05, 0.1) is 5.01 Å². The molecule has 1 aromatic carbocycles. The number of fused-ring (bicyclic) bond motifs is 1. The Hall–Kier alpha value is -1.72. The van der Waals surface area contributed by atoms with E-state index in [1.54, 1.807) is 17.4 Å². The predicted molar refractivity (Wildman–Crippen MR) is 83.2 cm³/mol. The summed E-state index contributed by atoms with van der Waals surface area (Å²) in [5.74, 6) is 0.403. The third-order valence-electron chi connectivity index (χ3n) is 3.32. The number of aryl methyl sites for hydroxylation is 1. The molecule has 5 heteroatoms. The number of thiazole rings is 1. The first-order chi connectivity index (χ1) is 10.2. The molecule has 0 spiro atoms. The van der Waals surface area contributed by atoms with Crippen molar-refractivity contribution in [3.63, 3.8) is 0 Å². The topological polar surface area (TPSA) is 38.1 Å². The molecule has 3 aromatic rings. The van der Waals surface area contributed by atoms with E-state index < -0.39 is 0 Å². The quantitative estimate of drug-likeness (QED) is 0.758. The molecule has 1 N–H and O–H groups in total. The molecule has 0 amide bonds. The van der Waals surface area contributed by atoms with E-state index in [0.717, 1.165) is 34.0 Å². The van der Waals surface area contributed by atoms with E-state index in [1.807, 2.05) is 25.3 Å². The number of benzene rings is 1. The van der Waals surface area contributed by atoms with Crippen LogP contribution in [0.5, 0.6) is 0 Å². The first kappa shape index (κ1) is 14.2. The largest absolute Gasteiger partial charge is 0.456 e. The van der Waals surface area contributed by atoms with Crippen molar-refractivity contribution in [2.75, 3.05) is 6.54 Å². The molecule has 2 aromatic heterocycles. The lowest BCUT2D eigenvalue weighted by molar-refractivity contribution is 0.462. The van der Waals surface area contributed by atoms with Crippen LogP contribution in [0.15, 0.2) is 34.9 Å². The molecule has 0 bridgehead atoms. The molecule has 1 unspecified atom stereocenters. The molecule has 110 valence electrons. The number of hydrogen-bond donors (Lipinski definition) is 1. The number of aromatic nitrogens is 1. The van der Waals surface area contributed by atoms with Crippen LogP contribution in [0, 0.1) is 12.7 Å². The zero-order valence-electron chi connectivity index (χ0n) is 12.0. The van der Waals surface area contributed by atoms with E-state index in [9.17, 15) is 4.39 Å². The normalized spacial score (nSPS) is 12.9. The van der Waals surface area contributed by atoms with E-state index in [2.05, 4.69) is 17.2 Å². The Morgan fingerprint density at radius 2 is 2.29 bits per heavy atom. The summed E-state index contributed by atoms with van der Waals surface area (Å²) in [6, 6.07) is 6.80. The monoisotopic (exact) mass is 304 g/mol. The second-order valence-electron chi connectivity index (χ2n) is 4.98. The molecule has 0 saturated carbocycles. The molecule has 2 heterocycles. The van der Waals surface area contributed by atoms with Gasteiger partial charge in [-0.3, -0.25) is 0 Å². The Kier molecular flexibility index (Phi) is 4.03. The Morgan fingerprint density at radius 3 is 2.95 bits per heavy atom. The third-order valence-corrected chi connectivity index (χ3v) is 4.30. The van der Waals surface area contributed by atoms with Crippen LogP contribution in [-0.2, 0) is 0 Å². The molecule has 3 nitrogen and oxygen atoms in total. The van der Waals surface area contributed by atoms with Crippen LogP contribution in [0.1, 0.15) is 35.0 Å². The highest BCUT2D eigenvalue weighted by Crippen LogP contribution is 2.32. The van der Waals surface area contributed by atoms with Gasteiger partial charge in [0.25, 0.3) is 0 Å². The van der Waals surface area contributed by atoms with Crippen molar-refractivity contribution in [1.29, 1.82) is 0 Å². The van der Waals surface area contributed by atoms with Crippen molar-refractivity contribution < 1.29 is 8.81 Å². The maximum atomic E-state index is 13.8. The van der Waals surface area contributed by atoms with Crippen molar-refractivity contribution in [2.24, 2.45) is 0 Å². The van der Waals surface area contributed by atoms with Gasteiger partial charge in [-0.2, -0.15) is 0 Å². The van der Waals surface area contributed by atoms with E-state index in [0.29, 0.717) is 5.58 Å². The van der Waals surface area contributed by atoms with Crippen molar-refractivity contribution in [1.82, 2.24) is 10.3 Å². The molecule has 0 aliphatic rings. The molecule has 0 aliphatic heterocycles. The smallest absolute Gasteiger partial charge is 0.169 e. The van der Waals surface area contributed by atoms with Crippen molar-refractivity contribution >= 4 is 22.3 Å². The summed E-state index contributed by atoms with van der Waals surface area (Å²) in [5.41, 5.74) is 0.317. The van der Waals surface area contributed by atoms with Crippen LogP contribution in [0.2, 0.25) is 0 Å². The minimum Gasteiger partial charge on any atom is -0.456 e. The van der Waals surface area contributed by atoms with Gasteiger partial charge < -0.3 is 9.73 Å². The average Bonchev–Trinajstić information content (AvgIpc) is 3.07. The molecule has 21 heavy (non-hydrogen) atoms. The van der Waals surface area contributed by atoms with Crippen molar-refractivity contribution in [2.45, 2.75) is 26.3 Å². The van der Waals surface area contributed by atoms with Gasteiger partial charge in [-0.25, -0.2) is 9.37 Å². The first-order valence-electron chi connectivity index (χ1n) is 7.02. The number of nitrogens with one attached hydrogen (secondary N) is 1. The highest BCUT2D eigenvalue weighted by molar-refractivity contribution is 7.11. The highest BCUT2D eigenvalue weighted by Gasteiger charge is 2.21. The average molecular weight is 304 g/mol. The summed E-state index contributed by atoms with van der Waals surface area (Å²) in [4.78, 5) is 5.39. The Bertz CT molecular complexity index is 750. The first-order valence-corrected chi connectivity index (χ1v) is 7.84. The molecule has 0 saturated heterocycles. The third kappa shape index (κ3) is 2.84. The van der Waals surface area contributed by atoms with Crippen molar-refractivity contribution in [3.8, 4) is 0 Å². The maximum Gasteiger partial charge on any atom is 0.169 e. The zero-order chi connectivity index (χ0) is 14.8. The maximum absolute atomic E-state index is 13.8. The fourth-order valence-corrected chi connectivity index (χ4v) is 3.20. The Morgan fingerprint density at radius 1 is 1.43 bits per heavy atom. The minimum atomic E-state index is -0.325. The van der Waals surface area contributed by atoms with Crippen LogP contribution in [0.3, 0.4) is 0 Å². The number of para-hydroxylation sites is 1. The lowest BCUT2D eigenvalue weighted by Gasteiger charge is -2.13. The van der Waals surface area contributed by atoms with Crippen LogP contribution in [0.4, 0.5) is 4.39 Å². The van der Waals surface area contributed by atoms with E-state index in [4.69, 9.17) is 4.42 Å². The summed E-state index contributed by atoms with van der Waals surface area (Å²) < 4.78 is 19.6. The zero-order valence-corrected chi connectivity index (χ0v) is 12.8. The number of rotatable bonds is 5. The molecule has 0 fully saturated rings. The van der Waals surface area contributed by atoms with E-state index in [-0.39, 0.29) is 11.9 Å². The fourth-order valence-electron chi connectivity index (χ4n) is 2.33. The van der Waals surface area contributed by atoms with Crippen LogP contribution < -0.4 is 5.32 Å². The predicted octanol–water partition coefficient (Wildman–Crippen LogP) is 4.43. The summed E-state index contributed by atoms with van der Waals surface area (Å²) >= 11 is 1.63. The molecular weight excluding hydrogens is 287 g/mol. The second-order valence-corrected chi connectivity index (χ2v) is 6.24. The van der Waals surface area contributed by atoms with E-state index >= 15 is 0 Å². The van der Waals surface area contributed by atoms with Crippen LogP contribution >= 0.6 is 11.3 Å². The summed E-state index contributed by atoms with van der Waals surface area (Å²) in [6.07, 6.45) is 2.87. The van der Waals surface area contributed by atoms with Gasteiger partial charge in [0.1, 0.15) is 11.8 Å². The Balaban J connectivity index is 2.03. The number of furan rings is 1. The molecule has 1 atom stereocenters. The number of hydrogen-bond acceptors (Lipinski definition) is 4. The molecular formula is C16H17FN2OS. The van der Waals surface area contributed by atoms with Gasteiger partial charge >= 0.3 is 0 Å². The highest BCUT2D eigenvalue weighted by atomic mass is 32.1. The van der Waals surface area contributed by atoms with Gasteiger partial charge in [0, 0.05) is 16.5 Å². The van der Waals surface area contributed by atoms with Gasteiger partial charge in [-0.1, -0.05) is 19.1 Å². The van der Waals surface area contributed by atoms with Gasteiger partial charge in [0.15, 0.2) is 11.4 Å². The lowest BCUT2D eigenvalue weighted by atomic mass is 10.1. The lowest BCUT2D eigenvalue weighted by Crippen LogP contribution is -2.21. The van der Waals surface area contributed by atoms with Crippen LogP contribution in [-0.4, -0.2) is 11.5 Å². The second kappa shape index (κ2) is 5.95. The van der Waals surface area contributed by atoms with Crippen molar-refractivity contribution in [3.05, 3.63) is 51.9 Å². The van der Waals surface area contributed by atoms with Gasteiger partial charge in [-0.05, 0) is 32.0 Å². The summed E-state index contributed by atoms with van der Waals surface area (Å²) in [5, 5.41) is 5.25. The standard InChI is InChI=1S/C16H17FN2OS/c1-3-7-18-15(14-9-19-10(2)21-14)13-8-11-5-4-6-12(17)16(11)20-13/h4-6,8-9,15,18H,3,7H2,1-2H3. The molecule has 0 radical (unpaired) electrons. The summed E-state index contributed by atoms with van der Waals surface area (Å²) in [7, 11) is 0. The summed E-state index contributed by atoms with van der Waals surface area (Å²) in [6.45, 7) is 4.95. The minimum absolute atomic E-state index is 0.0806. The number of halogens is 1. The van der Waals surface area contributed by atoms with E-state index in [1.165, 1.54) is 6.07 Å². The SMILES string of the molecule is CCCNC(c1cc2cccc(F)c2o1)c1cnc(C)s1. The molecule has 3 rings (SSSR count). The molecule has 0 aliphatic carbocycles. The fraction of sp³-hybridized carbons (Fsp3) is 0.312.